The molecule has 0 unspecified atom stereocenters. The van der Waals surface area contributed by atoms with Crippen molar-refractivity contribution in [1.82, 2.24) is 10.3 Å². The Kier molecular flexibility index (Phi) is 5.67. The summed E-state index contributed by atoms with van der Waals surface area (Å²) in [5.41, 5.74) is 0.957. The first-order valence-corrected chi connectivity index (χ1v) is 8.12. The Morgan fingerprint density at radius 2 is 2.15 bits per heavy atom. The normalized spacial score (nSPS) is 14.8. The van der Waals surface area contributed by atoms with Gasteiger partial charge in [-0.1, -0.05) is 18.5 Å². The number of nitrogens with one attached hydrogen (secondary N) is 1. The summed E-state index contributed by atoms with van der Waals surface area (Å²) in [6.07, 6.45) is 3.85. The minimum atomic E-state index is 0.473. The smallest absolute Gasteiger partial charge is 0.129 e. The molecule has 0 aromatic carbocycles. The van der Waals surface area contributed by atoms with Crippen LogP contribution < -0.4 is 10.2 Å². The summed E-state index contributed by atoms with van der Waals surface area (Å²) in [5.74, 6) is 1.92. The summed E-state index contributed by atoms with van der Waals surface area (Å²) in [6.45, 7) is 9.48. The first kappa shape index (κ1) is 15.6. The van der Waals surface area contributed by atoms with E-state index < -0.39 is 0 Å². The van der Waals surface area contributed by atoms with Crippen LogP contribution in [0.4, 0.5) is 5.82 Å². The number of rotatable bonds is 8. The maximum absolute atomic E-state index is 6.26. The van der Waals surface area contributed by atoms with Crippen LogP contribution in [0.3, 0.4) is 0 Å². The zero-order chi connectivity index (χ0) is 14.5. The van der Waals surface area contributed by atoms with E-state index in [-0.39, 0.29) is 0 Å². The maximum Gasteiger partial charge on any atom is 0.129 e. The van der Waals surface area contributed by atoms with Gasteiger partial charge in [0.1, 0.15) is 5.82 Å². The van der Waals surface area contributed by atoms with Gasteiger partial charge in [0.05, 0.1) is 10.7 Å². The topological polar surface area (TPSA) is 28.2 Å². The van der Waals surface area contributed by atoms with Gasteiger partial charge in [0.2, 0.25) is 0 Å². The molecule has 112 valence electrons. The Labute approximate surface area is 127 Å². The second kappa shape index (κ2) is 7.28. The zero-order valence-corrected chi connectivity index (χ0v) is 13.6. The lowest BCUT2D eigenvalue weighted by Gasteiger charge is -2.28. The third-order valence-corrected chi connectivity index (χ3v) is 4.04. The SMILES string of the molecule is CCCNCc1nc(N(CC2CC2)C(C)C)ccc1Cl. The van der Waals surface area contributed by atoms with Crippen molar-refractivity contribution < 1.29 is 0 Å². The Morgan fingerprint density at radius 1 is 1.40 bits per heavy atom. The molecule has 0 saturated heterocycles. The molecule has 0 spiro atoms. The summed E-state index contributed by atoms with van der Waals surface area (Å²) in [7, 11) is 0. The van der Waals surface area contributed by atoms with Gasteiger partial charge in [-0.15, -0.1) is 0 Å². The molecule has 0 amide bonds. The molecule has 1 aliphatic carbocycles. The molecule has 1 aliphatic rings. The van der Waals surface area contributed by atoms with Gasteiger partial charge >= 0.3 is 0 Å². The van der Waals surface area contributed by atoms with Crippen LogP contribution >= 0.6 is 11.6 Å². The Morgan fingerprint density at radius 3 is 2.75 bits per heavy atom. The van der Waals surface area contributed by atoms with Crippen molar-refractivity contribution in [3.63, 3.8) is 0 Å². The Balaban J connectivity index is 2.10. The minimum Gasteiger partial charge on any atom is -0.354 e. The fourth-order valence-corrected chi connectivity index (χ4v) is 2.46. The summed E-state index contributed by atoms with van der Waals surface area (Å²) >= 11 is 6.26. The molecule has 1 aromatic rings. The fourth-order valence-electron chi connectivity index (χ4n) is 2.29. The number of hydrogen-bond acceptors (Lipinski definition) is 3. The highest BCUT2D eigenvalue weighted by molar-refractivity contribution is 6.31. The molecule has 3 nitrogen and oxygen atoms in total. The zero-order valence-electron chi connectivity index (χ0n) is 12.8. The Hall–Kier alpha value is -0.800. The van der Waals surface area contributed by atoms with Crippen LogP contribution in [0.1, 0.15) is 45.7 Å². The van der Waals surface area contributed by atoms with E-state index in [0.29, 0.717) is 6.04 Å². The van der Waals surface area contributed by atoms with Gasteiger partial charge in [-0.05, 0) is 57.7 Å². The number of anilines is 1. The van der Waals surface area contributed by atoms with Crippen LogP contribution in [0.5, 0.6) is 0 Å². The predicted octanol–water partition coefficient (Wildman–Crippen LogP) is 3.86. The number of halogens is 1. The molecular formula is C16H26ClN3. The molecule has 1 saturated carbocycles. The van der Waals surface area contributed by atoms with Gasteiger partial charge in [-0.2, -0.15) is 0 Å². The van der Waals surface area contributed by atoms with Crippen LogP contribution in [0.2, 0.25) is 5.02 Å². The highest BCUT2D eigenvalue weighted by atomic mass is 35.5. The number of pyridine rings is 1. The molecule has 1 aromatic heterocycles. The molecule has 0 aliphatic heterocycles. The standard InChI is InChI=1S/C16H26ClN3/c1-4-9-18-10-15-14(17)7-8-16(19-15)20(12(2)3)11-13-5-6-13/h7-8,12-13,18H,4-6,9-11H2,1-3H3. The largest absolute Gasteiger partial charge is 0.354 e. The summed E-state index contributed by atoms with van der Waals surface area (Å²) in [6, 6.07) is 4.50. The molecule has 1 fully saturated rings. The second-order valence-electron chi connectivity index (χ2n) is 5.96. The third-order valence-electron chi connectivity index (χ3n) is 3.69. The van der Waals surface area contributed by atoms with Crippen molar-refractivity contribution in [3.8, 4) is 0 Å². The van der Waals surface area contributed by atoms with Crippen LogP contribution in [-0.4, -0.2) is 24.1 Å². The molecule has 0 radical (unpaired) electrons. The average Bonchev–Trinajstić information content (AvgIpc) is 3.22. The van der Waals surface area contributed by atoms with E-state index in [1.807, 2.05) is 12.1 Å². The molecule has 2 rings (SSSR count). The van der Waals surface area contributed by atoms with Gasteiger partial charge in [0.25, 0.3) is 0 Å². The molecular weight excluding hydrogens is 270 g/mol. The van der Waals surface area contributed by atoms with E-state index in [2.05, 4.69) is 31.0 Å². The average molecular weight is 296 g/mol. The molecule has 1 N–H and O–H groups in total. The number of nitrogens with zero attached hydrogens (tertiary/aromatic N) is 2. The molecule has 4 heteroatoms. The van der Waals surface area contributed by atoms with Gasteiger partial charge < -0.3 is 10.2 Å². The van der Waals surface area contributed by atoms with Gasteiger partial charge in [-0.25, -0.2) is 4.98 Å². The minimum absolute atomic E-state index is 0.473. The van der Waals surface area contributed by atoms with Crippen molar-refractivity contribution in [2.24, 2.45) is 5.92 Å². The number of aromatic nitrogens is 1. The third kappa shape index (κ3) is 4.35. The van der Waals surface area contributed by atoms with Gasteiger partial charge in [-0.3, -0.25) is 0 Å². The van der Waals surface area contributed by atoms with Crippen molar-refractivity contribution in [3.05, 3.63) is 22.8 Å². The van der Waals surface area contributed by atoms with Gasteiger partial charge in [0.15, 0.2) is 0 Å². The van der Waals surface area contributed by atoms with E-state index >= 15 is 0 Å². The first-order chi connectivity index (χ1) is 9.61. The van der Waals surface area contributed by atoms with Crippen LogP contribution in [0.25, 0.3) is 0 Å². The lowest BCUT2D eigenvalue weighted by Crippen LogP contribution is -2.33. The molecule has 0 bridgehead atoms. The highest BCUT2D eigenvalue weighted by Gasteiger charge is 2.26. The lowest BCUT2D eigenvalue weighted by atomic mass is 10.2. The summed E-state index contributed by atoms with van der Waals surface area (Å²) in [5, 5.41) is 4.13. The van der Waals surface area contributed by atoms with Crippen molar-refractivity contribution >= 4 is 17.4 Å². The van der Waals surface area contributed by atoms with E-state index in [1.54, 1.807) is 0 Å². The van der Waals surface area contributed by atoms with Crippen LogP contribution in [0, 0.1) is 5.92 Å². The van der Waals surface area contributed by atoms with Crippen LogP contribution in [-0.2, 0) is 6.54 Å². The molecule has 1 heterocycles. The van der Waals surface area contributed by atoms with Crippen LogP contribution in [0.15, 0.2) is 12.1 Å². The predicted molar refractivity (Wildman–Crippen MR) is 86.5 cm³/mol. The van der Waals surface area contributed by atoms with Crippen molar-refractivity contribution in [2.45, 2.75) is 52.6 Å². The Bertz CT molecular complexity index is 430. The quantitative estimate of drug-likeness (QED) is 0.738. The van der Waals surface area contributed by atoms with E-state index in [4.69, 9.17) is 16.6 Å². The fraction of sp³-hybridized carbons (Fsp3) is 0.688. The molecule has 20 heavy (non-hydrogen) atoms. The summed E-state index contributed by atoms with van der Waals surface area (Å²) < 4.78 is 0. The maximum atomic E-state index is 6.26. The highest BCUT2D eigenvalue weighted by Crippen LogP contribution is 2.32. The van der Waals surface area contributed by atoms with Crippen molar-refractivity contribution in [1.29, 1.82) is 0 Å². The molecule has 0 atom stereocenters. The summed E-state index contributed by atoms with van der Waals surface area (Å²) in [4.78, 5) is 7.18. The van der Waals surface area contributed by atoms with Gasteiger partial charge in [0, 0.05) is 19.1 Å². The van der Waals surface area contributed by atoms with Crippen molar-refractivity contribution in [2.75, 3.05) is 18.0 Å². The van der Waals surface area contributed by atoms with E-state index in [1.165, 1.54) is 12.8 Å². The lowest BCUT2D eigenvalue weighted by molar-refractivity contribution is 0.628. The monoisotopic (exact) mass is 295 g/mol. The van der Waals surface area contributed by atoms with E-state index in [9.17, 15) is 0 Å². The number of hydrogen-bond donors (Lipinski definition) is 1. The van der Waals surface area contributed by atoms with E-state index in [0.717, 1.165) is 48.5 Å². The first-order valence-electron chi connectivity index (χ1n) is 7.74. The second-order valence-corrected chi connectivity index (χ2v) is 6.37.